The third kappa shape index (κ3) is 6.68. The summed E-state index contributed by atoms with van der Waals surface area (Å²) < 4.78 is 45.8. The van der Waals surface area contributed by atoms with Gasteiger partial charge in [-0.15, -0.1) is 21.5 Å². The van der Waals surface area contributed by atoms with Crippen LogP contribution in [-0.4, -0.2) is 39.4 Å². The minimum absolute atomic E-state index is 0.00508. The third-order valence-corrected chi connectivity index (χ3v) is 6.74. The fraction of sp³-hybridized carbons (Fsp3) is 0.167. The summed E-state index contributed by atoms with van der Waals surface area (Å²) in [4.78, 5) is 24.9. The van der Waals surface area contributed by atoms with Crippen molar-refractivity contribution in [2.75, 3.05) is 18.2 Å². The molecule has 2 aromatic carbocycles. The summed E-state index contributed by atoms with van der Waals surface area (Å²) >= 11 is 2.45. The molecule has 0 fully saturated rings. The highest BCUT2D eigenvalue weighted by molar-refractivity contribution is 7.99. The Morgan fingerprint density at radius 3 is 2.41 bits per heavy atom. The molecule has 0 spiro atoms. The molecule has 0 saturated carbocycles. The molecule has 0 aliphatic rings. The third-order valence-electron chi connectivity index (χ3n) is 5.03. The van der Waals surface area contributed by atoms with Crippen molar-refractivity contribution in [1.82, 2.24) is 20.1 Å². The number of carbonyl (C=O) groups excluding carboxylic acids is 2. The van der Waals surface area contributed by atoms with E-state index < -0.39 is 11.7 Å². The summed E-state index contributed by atoms with van der Waals surface area (Å²) in [5.74, 6) is 0.221. The van der Waals surface area contributed by atoms with Gasteiger partial charge in [-0.3, -0.25) is 14.2 Å². The standard InChI is InChI=1S/C24H20F3N5O3S2/c1-35-18-10-4-15(5-11-18)22(34)28-13-19-30-31-23(37-14-20(33)29-21-3-2-12-36-21)32(19)17-8-6-16(7-9-17)24(25,26)27/h2-12H,13-14H2,1H3,(H,28,34)(H,29,33). The van der Waals surface area contributed by atoms with E-state index in [1.165, 1.54) is 35.1 Å². The number of thiophene rings is 1. The van der Waals surface area contributed by atoms with Crippen molar-refractivity contribution >= 4 is 39.9 Å². The molecule has 0 unspecified atom stereocenters. The smallest absolute Gasteiger partial charge is 0.416 e. The SMILES string of the molecule is COc1ccc(C(=O)NCc2nnc(SCC(=O)Nc3cccs3)n2-c2ccc(C(F)(F)F)cc2)cc1. The number of anilines is 1. The zero-order chi connectivity index (χ0) is 26.4. The largest absolute Gasteiger partial charge is 0.497 e. The number of nitrogens with one attached hydrogen (secondary N) is 2. The van der Waals surface area contributed by atoms with Crippen LogP contribution in [0.2, 0.25) is 0 Å². The number of hydrogen-bond acceptors (Lipinski definition) is 7. The maximum absolute atomic E-state index is 13.1. The quantitative estimate of drug-likeness (QED) is 0.286. The molecule has 4 aromatic rings. The monoisotopic (exact) mass is 547 g/mol. The van der Waals surface area contributed by atoms with Crippen LogP contribution in [-0.2, 0) is 17.5 Å². The van der Waals surface area contributed by atoms with Crippen LogP contribution >= 0.6 is 23.1 Å². The number of rotatable bonds is 9. The van der Waals surface area contributed by atoms with Gasteiger partial charge < -0.3 is 15.4 Å². The van der Waals surface area contributed by atoms with Crippen LogP contribution in [0.4, 0.5) is 18.2 Å². The van der Waals surface area contributed by atoms with Crippen molar-refractivity contribution < 1.29 is 27.5 Å². The van der Waals surface area contributed by atoms with Gasteiger partial charge >= 0.3 is 6.18 Å². The lowest BCUT2D eigenvalue weighted by atomic mass is 10.2. The summed E-state index contributed by atoms with van der Waals surface area (Å²) in [6.45, 7) is -0.0547. The van der Waals surface area contributed by atoms with Crippen molar-refractivity contribution in [2.24, 2.45) is 0 Å². The van der Waals surface area contributed by atoms with Gasteiger partial charge in [-0.2, -0.15) is 13.2 Å². The molecular formula is C24H20F3N5O3S2. The van der Waals surface area contributed by atoms with Crippen LogP contribution in [0.3, 0.4) is 0 Å². The summed E-state index contributed by atoms with van der Waals surface area (Å²) in [6, 6.07) is 14.5. The molecule has 0 atom stereocenters. The predicted molar refractivity (Wildman–Crippen MR) is 134 cm³/mol. The van der Waals surface area contributed by atoms with Crippen molar-refractivity contribution in [1.29, 1.82) is 0 Å². The lowest BCUT2D eigenvalue weighted by Crippen LogP contribution is -2.24. The Morgan fingerprint density at radius 2 is 1.78 bits per heavy atom. The Morgan fingerprint density at radius 1 is 1.05 bits per heavy atom. The van der Waals surface area contributed by atoms with Crippen LogP contribution in [0.1, 0.15) is 21.7 Å². The molecule has 192 valence electrons. The summed E-state index contributed by atoms with van der Waals surface area (Å²) in [5.41, 5.74) is -0.0580. The normalized spacial score (nSPS) is 11.2. The van der Waals surface area contributed by atoms with Crippen molar-refractivity contribution in [3.63, 3.8) is 0 Å². The van der Waals surface area contributed by atoms with E-state index in [4.69, 9.17) is 4.74 Å². The van der Waals surface area contributed by atoms with Gasteiger partial charge in [0, 0.05) is 11.3 Å². The number of alkyl halides is 3. The minimum Gasteiger partial charge on any atom is -0.497 e. The Hall–Kier alpha value is -3.84. The topological polar surface area (TPSA) is 98.1 Å². The Labute approximate surface area is 217 Å². The summed E-state index contributed by atoms with van der Waals surface area (Å²) in [7, 11) is 1.52. The van der Waals surface area contributed by atoms with Gasteiger partial charge in [-0.25, -0.2) is 0 Å². The molecule has 0 aliphatic heterocycles. The van der Waals surface area contributed by atoms with Crippen LogP contribution in [0.15, 0.2) is 71.2 Å². The van der Waals surface area contributed by atoms with Crippen LogP contribution in [0.5, 0.6) is 5.75 Å². The van der Waals surface area contributed by atoms with E-state index in [0.717, 1.165) is 23.9 Å². The number of carbonyl (C=O) groups is 2. The molecule has 4 rings (SSSR count). The second-order valence-electron chi connectivity index (χ2n) is 7.50. The van der Waals surface area contributed by atoms with E-state index in [2.05, 4.69) is 20.8 Å². The van der Waals surface area contributed by atoms with Crippen molar-refractivity contribution in [3.05, 3.63) is 83.0 Å². The maximum atomic E-state index is 13.1. The molecule has 37 heavy (non-hydrogen) atoms. The van der Waals surface area contributed by atoms with E-state index in [9.17, 15) is 22.8 Å². The first-order valence-corrected chi connectivity index (χ1v) is 12.6. The number of aromatic nitrogens is 3. The van der Waals surface area contributed by atoms with E-state index in [1.54, 1.807) is 36.4 Å². The number of halogens is 3. The van der Waals surface area contributed by atoms with Crippen molar-refractivity contribution in [2.45, 2.75) is 17.9 Å². The average Bonchev–Trinajstić information content (AvgIpc) is 3.55. The molecule has 0 bridgehead atoms. The first kappa shape index (κ1) is 26.2. The van der Waals surface area contributed by atoms with E-state index in [1.807, 2.05) is 5.38 Å². The first-order valence-electron chi connectivity index (χ1n) is 10.7. The fourth-order valence-electron chi connectivity index (χ4n) is 3.22. The first-order chi connectivity index (χ1) is 17.7. The van der Waals surface area contributed by atoms with E-state index in [0.29, 0.717) is 22.0 Å². The minimum atomic E-state index is -4.49. The van der Waals surface area contributed by atoms with E-state index >= 15 is 0 Å². The van der Waals surface area contributed by atoms with Crippen molar-refractivity contribution in [3.8, 4) is 11.4 Å². The van der Waals surface area contributed by atoms with Gasteiger partial charge in [0.15, 0.2) is 11.0 Å². The number of benzene rings is 2. The van der Waals surface area contributed by atoms with Crippen LogP contribution in [0.25, 0.3) is 5.69 Å². The highest BCUT2D eigenvalue weighted by atomic mass is 32.2. The fourth-order valence-corrected chi connectivity index (χ4v) is 4.63. The molecule has 8 nitrogen and oxygen atoms in total. The van der Waals surface area contributed by atoms with Gasteiger partial charge in [-0.1, -0.05) is 11.8 Å². The second kappa shape index (κ2) is 11.5. The molecule has 0 saturated heterocycles. The average molecular weight is 548 g/mol. The summed E-state index contributed by atoms with van der Waals surface area (Å²) in [5, 5.41) is 16.5. The highest BCUT2D eigenvalue weighted by Crippen LogP contribution is 2.31. The molecular weight excluding hydrogens is 527 g/mol. The number of methoxy groups -OCH3 is 1. The number of thioether (sulfide) groups is 1. The van der Waals surface area contributed by atoms with Gasteiger partial charge in [0.1, 0.15) is 5.75 Å². The van der Waals surface area contributed by atoms with Crippen LogP contribution < -0.4 is 15.4 Å². The molecule has 2 amide bonds. The Balaban J connectivity index is 1.54. The molecule has 2 aromatic heterocycles. The van der Waals surface area contributed by atoms with Gasteiger partial charge in [0.05, 0.1) is 30.0 Å². The number of hydrogen-bond donors (Lipinski definition) is 2. The molecule has 0 radical (unpaired) electrons. The zero-order valence-corrected chi connectivity index (χ0v) is 20.9. The second-order valence-corrected chi connectivity index (χ2v) is 9.39. The zero-order valence-electron chi connectivity index (χ0n) is 19.3. The summed E-state index contributed by atoms with van der Waals surface area (Å²) in [6.07, 6.45) is -4.49. The molecule has 2 heterocycles. The number of nitrogens with zero attached hydrogens (tertiary/aromatic N) is 3. The van der Waals surface area contributed by atoms with E-state index in [-0.39, 0.29) is 35.1 Å². The number of ether oxygens (including phenoxy) is 1. The van der Waals surface area contributed by atoms with Gasteiger partial charge in [0.25, 0.3) is 5.91 Å². The molecule has 2 N–H and O–H groups in total. The Bertz CT molecular complexity index is 1360. The molecule has 13 heteroatoms. The Kier molecular flexibility index (Phi) is 8.14. The molecule has 0 aliphatic carbocycles. The lowest BCUT2D eigenvalue weighted by molar-refractivity contribution is -0.137. The lowest BCUT2D eigenvalue weighted by Gasteiger charge is -2.13. The van der Waals surface area contributed by atoms with Crippen LogP contribution in [0, 0.1) is 0 Å². The highest BCUT2D eigenvalue weighted by Gasteiger charge is 2.30. The maximum Gasteiger partial charge on any atom is 0.416 e. The van der Waals surface area contributed by atoms with Gasteiger partial charge in [-0.05, 0) is 66.0 Å². The predicted octanol–water partition coefficient (Wildman–Crippen LogP) is 5.02. The number of amides is 2. The van der Waals surface area contributed by atoms with Gasteiger partial charge in [0.2, 0.25) is 5.91 Å².